The third-order valence-electron chi connectivity index (χ3n) is 7.25. The van der Waals surface area contributed by atoms with Gasteiger partial charge >= 0.3 is 0 Å². The van der Waals surface area contributed by atoms with E-state index in [2.05, 4.69) is 19.2 Å². The summed E-state index contributed by atoms with van der Waals surface area (Å²) in [5.74, 6) is -0.204. The fourth-order valence-electron chi connectivity index (χ4n) is 4.50. The maximum absolute atomic E-state index is 12.6. The Morgan fingerprint density at radius 2 is 1.32 bits per heavy atom. The minimum Gasteiger partial charge on any atom is -0.756 e. The summed E-state index contributed by atoms with van der Waals surface area (Å²) in [6, 6.07) is -0.875. The lowest BCUT2D eigenvalue weighted by Crippen LogP contribution is -2.45. The highest BCUT2D eigenvalue weighted by atomic mass is 31.2. The molecule has 0 saturated heterocycles. The van der Waals surface area contributed by atoms with Crippen LogP contribution in [-0.2, 0) is 18.4 Å². The maximum atomic E-state index is 12.6. The van der Waals surface area contributed by atoms with Crippen LogP contribution in [0.15, 0.2) is 12.2 Å². The molecule has 244 valence electrons. The second-order valence-electron chi connectivity index (χ2n) is 12.5. The minimum atomic E-state index is -4.56. The quantitative estimate of drug-likeness (QED) is 0.0410. The first-order chi connectivity index (χ1) is 19.5. The van der Waals surface area contributed by atoms with Crippen molar-refractivity contribution in [1.29, 1.82) is 0 Å². The summed E-state index contributed by atoms with van der Waals surface area (Å²) in [5.41, 5.74) is 0. The van der Waals surface area contributed by atoms with E-state index in [0.717, 1.165) is 38.5 Å². The molecular weight excluding hydrogens is 539 g/mol. The number of nitrogens with one attached hydrogen (secondary N) is 1. The Kier molecular flexibility index (Phi) is 25.2. The van der Waals surface area contributed by atoms with Gasteiger partial charge in [0.2, 0.25) is 5.91 Å². The van der Waals surface area contributed by atoms with Crippen LogP contribution in [0.1, 0.15) is 136 Å². The predicted octanol–water partition coefficient (Wildman–Crippen LogP) is 7.05. The van der Waals surface area contributed by atoms with Gasteiger partial charge in [-0.05, 0) is 19.3 Å². The van der Waals surface area contributed by atoms with E-state index in [4.69, 9.17) is 9.05 Å². The molecule has 3 atom stereocenters. The molecule has 0 aliphatic carbocycles. The van der Waals surface area contributed by atoms with E-state index in [9.17, 15) is 19.4 Å². The van der Waals surface area contributed by atoms with Crippen molar-refractivity contribution in [3.8, 4) is 0 Å². The number of quaternary nitrogens is 1. The van der Waals surface area contributed by atoms with Crippen LogP contribution in [0.25, 0.3) is 0 Å². The van der Waals surface area contributed by atoms with Crippen LogP contribution in [0.2, 0.25) is 0 Å². The summed E-state index contributed by atoms with van der Waals surface area (Å²) in [6.45, 7) is 4.56. The van der Waals surface area contributed by atoms with Crippen molar-refractivity contribution in [2.45, 2.75) is 148 Å². The Bertz CT molecular complexity index is 698. The number of hydrogen-bond acceptors (Lipinski definition) is 6. The molecule has 3 unspecified atom stereocenters. The summed E-state index contributed by atoms with van der Waals surface area (Å²) < 4.78 is 22.9. The summed E-state index contributed by atoms with van der Waals surface area (Å²) in [5, 5.41) is 13.6. The van der Waals surface area contributed by atoms with Crippen molar-refractivity contribution in [2.75, 3.05) is 40.9 Å². The van der Waals surface area contributed by atoms with Crippen molar-refractivity contribution in [1.82, 2.24) is 5.32 Å². The van der Waals surface area contributed by atoms with E-state index >= 15 is 0 Å². The monoisotopic (exact) mass is 604 g/mol. The highest BCUT2D eigenvalue weighted by molar-refractivity contribution is 7.45. The Hall–Kier alpha value is -0.760. The molecule has 0 aliphatic heterocycles. The van der Waals surface area contributed by atoms with Crippen molar-refractivity contribution in [3.63, 3.8) is 0 Å². The molecule has 0 aromatic rings. The summed E-state index contributed by atoms with van der Waals surface area (Å²) in [6.07, 6.45) is 24.0. The van der Waals surface area contributed by atoms with Gasteiger partial charge in [0.1, 0.15) is 13.2 Å². The van der Waals surface area contributed by atoms with E-state index in [1.807, 2.05) is 27.2 Å². The standard InChI is InChI=1S/C32H65N2O6P/c1-6-8-10-12-14-16-17-18-20-22-24-26-32(36)33-30(29-40-41(37,38)39-28-27-34(3,4)5)31(35)25-23-21-19-15-13-11-9-7-2/h23,25,30-31,35H,6-22,24,26-29H2,1-5H3,(H-,33,36,37,38)/b25-23+. The molecule has 2 N–H and O–H groups in total. The van der Waals surface area contributed by atoms with Gasteiger partial charge in [0, 0.05) is 6.42 Å². The minimum absolute atomic E-state index is 0.000866. The van der Waals surface area contributed by atoms with Crippen LogP contribution in [0, 0.1) is 0 Å². The number of likely N-dealkylation sites (N-methyl/N-ethyl adjacent to an activating group) is 1. The average Bonchev–Trinajstić information content (AvgIpc) is 2.90. The Morgan fingerprint density at radius 3 is 1.83 bits per heavy atom. The van der Waals surface area contributed by atoms with Crippen molar-refractivity contribution >= 4 is 13.7 Å². The molecule has 0 aromatic heterocycles. The normalized spacial score (nSPS) is 15.2. The molecule has 0 spiro atoms. The molecule has 9 heteroatoms. The van der Waals surface area contributed by atoms with Gasteiger partial charge in [-0.25, -0.2) is 0 Å². The first-order valence-electron chi connectivity index (χ1n) is 16.6. The van der Waals surface area contributed by atoms with Crippen LogP contribution >= 0.6 is 7.82 Å². The molecule has 0 rings (SSSR count). The van der Waals surface area contributed by atoms with Gasteiger partial charge in [-0.15, -0.1) is 0 Å². The lowest BCUT2D eigenvalue weighted by Gasteiger charge is -2.29. The van der Waals surface area contributed by atoms with E-state index in [-0.39, 0.29) is 19.1 Å². The number of rotatable bonds is 29. The maximum Gasteiger partial charge on any atom is 0.268 e. The van der Waals surface area contributed by atoms with Crippen LogP contribution in [0.5, 0.6) is 0 Å². The van der Waals surface area contributed by atoms with E-state index in [1.165, 1.54) is 77.0 Å². The molecule has 0 radical (unpaired) electrons. The zero-order valence-corrected chi connectivity index (χ0v) is 28.1. The third kappa shape index (κ3) is 27.8. The molecule has 0 bridgehead atoms. The van der Waals surface area contributed by atoms with E-state index in [1.54, 1.807) is 6.08 Å². The number of hydrogen-bond donors (Lipinski definition) is 2. The van der Waals surface area contributed by atoms with Gasteiger partial charge in [-0.1, -0.05) is 122 Å². The summed E-state index contributed by atoms with van der Waals surface area (Å²) in [4.78, 5) is 24.9. The summed E-state index contributed by atoms with van der Waals surface area (Å²) >= 11 is 0. The zero-order valence-electron chi connectivity index (χ0n) is 27.2. The van der Waals surface area contributed by atoms with E-state index < -0.39 is 20.0 Å². The molecule has 0 saturated carbocycles. The Morgan fingerprint density at radius 1 is 0.829 bits per heavy atom. The number of phosphoric ester groups is 1. The average molecular weight is 605 g/mol. The number of phosphoric acid groups is 1. The predicted molar refractivity (Wildman–Crippen MR) is 169 cm³/mol. The van der Waals surface area contributed by atoms with Gasteiger partial charge in [0.25, 0.3) is 7.82 Å². The second-order valence-corrected chi connectivity index (χ2v) is 13.9. The Balaban J connectivity index is 4.60. The highest BCUT2D eigenvalue weighted by Gasteiger charge is 2.23. The molecule has 0 aromatic carbocycles. The highest BCUT2D eigenvalue weighted by Crippen LogP contribution is 2.38. The number of nitrogens with zero attached hydrogens (tertiary/aromatic N) is 1. The molecule has 1 amide bonds. The van der Waals surface area contributed by atoms with Gasteiger partial charge in [0.15, 0.2) is 0 Å². The topological polar surface area (TPSA) is 108 Å². The lowest BCUT2D eigenvalue weighted by molar-refractivity contribution is -0.870. The van der Waals surface area contributed by atoms with Crippen molar-refractivity contribution in [2.24, 2.45) is 0 Å². The number of amides is 1. The van der Waals surface area contributed by atoms with Crippen LogP contribution in [0.4, 0.5) is 0 Å². The smallest absolute Gasteiger partial charge is 0.268 e. The van der Waals surface area contributed by atoms with Gasteiger partial charge in [-0.2, -0.15) is 0 Å². The fourth-order valence-corrected chi connectivity index (χ4v) is 5.22. The van der Waals surface area contributed by atoms with Crippen molar-refractivity contribution in [3.05, 3.63) is 12.2 Å². The SMILES string of the molecule is CCCCCCCC/C=C/C(O)C(COP(=O)([O-])OCC[N+](C)(C)C)NC(=O)CCCCCCCCCCCCC. The number of aliphatic hydroxyl groups is 1. The second kappa shape index (κ2) is 25.7. The molecule has 0 heterocycles. The summed E-state index contributed by atoms with van der Waals surface area (Å²) in [7, 11) is 1.26. The van der Waals surface area contributed by atoms with Crippen LogP contribution in [-0.4, -0.2) is 68.5 Å². The number of aliphatic hydroxyl groups excluding tert-OH is 1. The number of carbonyl (C=O) groups is 1. The molecule has 41 heavy (non-hydrogen) atoms. The zero-order chi connectivity index (χ0) is 30.8. The van der Waals surface area contributed by atoms with Crippen LogP contribution < -0.4 is 10.2 Å². The molecule has 8 nitrogen and oxygen atoms in total. The third-order valence-corrected chi connectivity index (χ3v) is 8.21. The molecule has 0 fully saturated rings. The van der Waals surface area contributed by atoms with Gasteiger partial charge in [-0.3, -0.25) is 9.36 Å². The largest absolute Gasteiger partial charge is 0.756 e. The number of unbranched alkanes of at least 4 members (excludes halogenated alkanes) is 16. The molecular formula is C32H65N2O6P. The van der Waals surface area contributed by atoms with Gasteiger partial charge in [0.05, 0.1) is 39.9 Å². The first kappa shape index (κ1) is 40.2. The van der Waals surface area contributed by atoms with Crippen LogP contribution in [0.3, 0.4) is 0 Å². The lowest BCUT2D eigenvalue weighted by atomic mass is 10.0. The number of allylic oxidation sites excluding steroid dienone is 1. The van der Waals surface area contributed by atoms with Crippen molar-refractivity contribution < 1.29 is 32.9 Å². The van der Waals surface area contributed by atoms with E-state index in [0.29, 0.717) is 17.4 Å². The Labute approximate surface area is 252 Å². The van der Waals surface area contributed by atoms with Gasteiger partial charge < -0.3 is 28.8 Å². The number of carbonyl (C=O) groups excluding carboxylic acids is 1. The molecule has 0 aliphatic rings. The first-order valence-corrected chi connectivity index (χ1v) is 18.0. The fraction of sp³-hybridized carbons (Fsp3) is 0.906.